The Balaban J connectivity index is 0.830. The first-order valence-corrected chi connectivity index (χ1v) is 19.0. The maximum Gasteiger partial charge on any atom is 0.389 e. The molecule has 3 atom stereocenters. The summed E-state index contributed by atoms with van der Waals surface area (Å²) in [4.78, 5) is 46.0. The van der Waals surface area contributed by atoms with Crippen LogP contribution in [0.15, 0.2) is 60.7 Å². The molecule has 1 aliphatic carbocycles. The number of alkyl halides is 3. The lowest BCUT2D eigenvalue weighted by molar-refractivity contribution is -0.146. The Labute approximate surface area is 307 Å². The summed E-state index contributed by atoms with van der Waals surface area (Å²) in [6, 6.07) is 18.6. The molecule has 5 aliphatic rings. The van der Waals surface area contributed by atoms with Crippen molar-refractivity contribution in [1.29, 1.82) is 0 Å². The highest BCUT2D eigenvalue weighted by Crippen LogP contribution is 2.46. The van der Waals surface area contributed by atoms with Gasteiger partial charge in [-0.2, -0.15) is 13.2 Å². The molecule has 4 aliphatic heterocycles. The summed E-state index contributed by atoms with van der Waals surface area (Å²) in [5.41, 5.74) is 6.46. The van der Waals surface area contributed by atoms with Gasteiger partial charge in [-0.1, -0.05) is 18.2 Å². The number of piperidine rings is 2. The number of imide groups is 1. The van der Waals surface area contributed by atoms with Gasteiger partial charge in [-0.25, -0.2) is 0 Å². The number of aryl methyl sites for hydroxylation is 1. The van der Waals surface area contributed by atoms with E-state index in [0.29, 0.717) is 37.3 Å². The van der Waals surface area contributed by atoms with Crippen LogP contribution >= 0.6 is 0 Å². The summed E-state index contributed by atoms with van der Waals surface area (Å²) in [6.07, 6.45) is -1.31. The van der Waals surface area contributed by atoms with Crippen molar-refractivity contribution in [2.75, 3.05) is 55.6 Å². The molecule has 0 aromatic heterocycles. The van der Waals surface area contributed by atoms with E-state index in [1.807, 2.05) is 24.3 Å². The van der Waals surface area contributed by atoms with Gasteiger partial charge in [0, 0.05) is 88.1 Å². The molecule has 3 aromatic rings. The number of piperazine rings is 1. The van der Waals surface area contributed by atoms with Gasteiger partial charge in [0.05, 0.1) is 0 Å². The van der Waals surface area contributed by atoms with E-state index in [1.54, 1.807) is 23.1 Å². The molecule has 0 radical (unpaired) electrons. The third-order valence-electron chi connectivity index (χ3n) is 12.2. The summed E-state index contributed by atoms with van der Waals surface area (Å²) in [6.45, 7) is 7.01. The number of phenols is 1. The van der Waals surface area contributed by atoms with E-state index in [1.165, 1.54) is 0 Å². The summed E-state index contributed by atoms with van der Waals surface area (Å²) in [5, 5.41) is 12.4. The molecule has 4 heterocycles. The molecule has 3 saturated heterocycles. The SMILES string of the molecule is O=C1CC[C@H](N2Cc3cc(N4CCN(CC5CCN(c6ccc([C@H]7c8ccc(O)cc8CC[C@H]7CC(F)(F)F)cc6)CC5)CC4)ccc3C2=O)C(=O)N1. The zero-order chi connectivity index (χ0) is 36.9. The molecule has 3 amide bonds. The average Bonchev–Trinajstić information content (AvgIpc) is 3.46. The highest BCUT2D eigenvalue weighted by atomic mass is 19.4. The van der Waals surface area contributed by atoms with Crippen LogP contribution in [0.25, 0.3) is 0 Å². The van der Waals surface area contributed by atoms with Crippen LogP contribution in [-0.2, 0) is 22.6 Å². The van der Waals surface area contributed by atoms with Crippen LogP contribution in [0.5, 0.6) is 5.75 Å². The number of nitrogens with one attached hydrogen (secondary N) is 1. The van der Waals surface area contributed by atoms with Crippen molar-refractivity contribution in [3.63, 3.8) is 0 Å². The largest absolute Gasteiger partial charge is 0.508 e. The highest BCUT2D eigenvalue weighted by Gasteiger charge is 2.41. The van der Waals surface area contributed by atoms with Crippen LogP contribution in [0.1, 0.15) is 77.1 Å². The molecule has 0 saturated carbocycles. The first-order valence-electron chi connectivity index (χ1n) is 19.0. The molecular formula is C41H46F3N5O4. The average molecular weight is 730 g/mol. The molecule has 3 aromatic carbocycles. The number of phenolic OH excluding ortho intramolecular Hbond substituents is 1. The molecule has 280 valence electrons. The summed E-state index contributed by atoms with van der Waals surface area (Å²) in [7, 11) is 0. The van der Waals surface area contributed by atoms with Gasteiger partial charge in [0.25, 0.3) is 5.91 Å². The van der Waals surface area contributed by atoms with Gasteiger partial charge in [-0.3, -0.25) is 24.6 Å². The van der Waals surface area contributed by atoms with Crippen LogP contribution in [0, 0.1) is 11.8 Å². The highest BCUT2D eigenvalue weighted by molar-refractivity contribution is 6.05. The van der Waals surface area contributed by atoms with E-state index < -0.39 is 30.5 Å². The molecule has 3 fully saturated rings. The van der Waals surface area contributed by atoms with Gasteiger partial charge in [0.15, 0.2) is 0 Å². The summed E-state index contributed by atoms with van der Waals surface area (Å²) < 4.78 is 40.8. The number of carbonyl (C=O) groups is 3. The maximum absolute atomic E-state index is 13.6. The van der Waals surface area contributed by atoms with Crippen molar-refractivity contribution in [2.45, 2.75) is 69.6 Å². The van der Waals surface area contributed by atoms with Crippen LogP contribution in [0.3, 0.4) is 0 Å². The topological polar surface area (TPSA) is 96.4 Å². The zero-order valence-electron chi connectivity index (χ0n) is 29.8. The van der Waals surface area contributed by atoms with Crippen molar-refractivity contribution in [3.8, 4) is 5.75 Å². The van der Waals surface area contributed by atoms with Crippen molar-refractivity contribution < 1.29 is 32.7 Å². The molecule has 0 bridgehead atoms. The minimum Gasteiger partial charge on any atom is -0.508 e. The van der Waals surface area contributed by atoms with Crippen LogP contribution < -0.4 is 15.1 Å². The van der Waals surface area contributed by atoms with Gasteiger partial charge in [0.2, 0.25) is 11.8 Å². The van der Waals surface area contributed by atoms with E-state index >= 15 is 0 Å². The number of fused-ring (bicyclic) bond motifs is 2. The minimum atomic E-state index is -4.23. The van der Waals surface area contributed by atoms with Crippen LogP contribution in [-0.4, -0.2) is 90.7 Å². The Hall–Kier alpha value is -4.58. The number of aromatic hydroxyl groups is 1. The van der Waals surface area contributed by atoms with Crippen LogP contribution in [0.4, 0.5) is 24.5 Å². The first kappa shape index (κ1) is 35.4. The number of halogens is 3. The molecule has 2 N–H and O–H groups in total. The number of hydrogen-bond donors (Lipinski definition) is 2. The second-order valence-electron chi connectivity index (χ2n) is 15.5. The Morgan fingerprint density at radius 1 is 0.755 bits per heavy atom. The minimum absolute atomic E-state index is 0.148. The normalized spacial score (nSPS) is 24.3. The van der Waals surface area contributed by atoms with Gasteiger partial charge < -0.3 is 19.8 Å². The van der Waals surface area contributed by atoms with Gasteiger partial charge >= 0.3 is 6.18 Å². The van der Waals surface area contributed by atoms with E-state index in [0.717, 1.165) is 92.3 Å². The van der Waals surface area contributed by atoms with E-state index in [9.17, 15) is 32.7 Å². The number of amides is 3. The predicted octanol–water partition coefficient (Wildman–Crippen LogP) is 5.84. The molecule has 53 heavy (non-hydrogen) atoms. The standard InChI is InChI=1S/C41H46F3N5O4/c42-41(43,44)23-29-2-1-28-22-33(50)8-10-34(28)38(29)27-3-5-31(6-4-27)47-15-13-26(14-16-47)24-46-17-19-48(20-18-46)32-7-9-35-30(21-32)25-49(40(35)53)36-11-12-37(51)45-39(36)52/h3-10,21-22,26,29,36,38,50H,1-2,11-20,23-25H2,(H,45,51,52)/t29-,36-,38+/m0/s1. The third kappa shape index (κ3) is 7.47. The van der Waals surface area contributed by atoms with Gasteiger partial charge in [-0.05, 0) is 109 Å². The number of nitrogens with zero attached hydrogens (tertiary/aromatic N) is 4. The Bertz CT molecular complexity index is 1870. The molecule has 0 unspecified atom stereocenters. The Morgan fingerprint density at radius 2 is 1.47 bits per heavy atom. The number of rotatable bonds is 7. The molecular weight excluding hydrogens is 683 g/mol. The Kier molecular flexibility index (Phi) is 9.59. The van der Waals surface area contributed by atoms with Crippen molar-refractivity contribution >= 4 is 29.1 Å². The number of carbonyl (C=O) groups excluding carboxylic acids is 3. The quantitative estimate of drug-likeness (QED) is 0.296. The fourth-order valence-electron chi connectivity index (χ4n) is 9.42. The Morgan fingerprint density at radius 3 is 2.19 bits per heavy atom. The molecule has 9 nitrogen and oxygen atoms in total. The predicted molar refractivity (Wildman–Crippen MR) is 195 cm³/mol. The molecule has 8 rings (SSSR count). The van der Waals surface area contributed by atoms with E-state index in [-0.39, 0.29) is 29.9 Å². The second kappa shape index (κ2) is 14.3. The van der Waals surface area contributed by atoms with Gasteiger partial charge in [0.1, 0.15) is 11.8 Å². The fourth-order valence-corrected chi connectivity index (χ4v) is 9.42. The van der Waals surface area contributed by atoms with E-state index in [4.69, 9.17) is 0 Å². The van der Waals surface area contributed by atoms with Crippen molar-refractivity contribution in [3.05, 3.63) is 88.5 Å². The number of benzene rings is 3. The lowest BCUT2D eigenvalue weighted by atomic mass is 9.70. The maximum atomic E-state index is 13.6. The fraction of sp³-hybridized carbons (Fsp3) is 0.488. The first-order chi connectivity index (χ1) is 25.5. The number of anilines is 2. The lowest BCUT2D eigenvalue weighted by Gasteiger charge is -2.40. The van der Waals surface area contributed by atoms with Crippen molar-refractivity contribution in [2.24, 2.45) is 11.8 Å². The monoisotopic (exact) mass is 729 g/mol. The second-order valence-corrected chi connectivity index (χ2v) is 15.5. The molecule has 12 heteroatoms. The molecule has 0 spiro atoms. The van der Waals surface area contributed by atoms with E-state index in [2.05, 4.69) is 38.2 Å². The summed E-state index contributed by atoms with van der Waals surface area (Å²) >= 11 is 0. The van der Waals surface area contributed by atoms with Crippen LogP contribution in [0.2, 0.25) is 0 Å². The summed E-state index contributed by atoms with van der Waals surface area (Å²) in [5.74, 6) is -0.986. The number of hydrogen-bond acceptors (Lipinski definition) is 7. The smallest absolute Gasteiger partial charge is 0.389 e. The lowest BCUT2D eigenvalue weighted by Crippen LogP contribution is -2.52. The van der Waals surface area contributed by atoms with Gasteiger partial charge in [-0.15, -0.1) is 0 Å². The zero-order valence-corrected chi connectivity index (χ0v) is 29.8. The third-order valence-corrected chi connectivity index (χ3v) is 12.2. The van der Waals surface area contributed by atoms with Crippen molar-refractivity contribution in [1.82, 2.24) is 15.1 Å².